The largest absolute Gasteiger partial charge is 0.493 e. The maximum absolute atomic E-state index is 13.2. The third-order valence-corrected chi connectivity index (χ3v) is 6.18. The van der Waals surface area contributed by atoms with Crippen molar-refractivity contribution in [2.75, 3.05) is 33.3 Å². The first-order valence-corrected chi connectivity index (χ1v) is 13.8. The van der Waals surface area contributed by atoms with E-state index in [0.29, 0.717) is 23.1 Å². The zero-order chi connectivity index (χ0) is 31.3. The molecule has 0 aliphatic rings. The minimum Gasteiger partial charge on any atom is -0.493 e. The van der Waals surface area contributed by atoms with Crippen LogP contribution in [0.1, 0.15) is 44.0 Å². The fourth-order valence-corrected chi connectivity index (χ4v) is 4.11. The lowest BCUT2D eigenvalue weighted by Crippen LogP contribution is -2.83. The molecular formula is C29H38ClF3N5O4+. The quantitative estimate of drug-likeness (QED) is 0.119. The molecule has 0 atom stereocenters. The van der Waals surface area contributed by atoms with E-state index >= 15 is 0 Å². The number of ether oxygens (including phenoxy) is 1. The van der Waals surface area contributed by atoms with Crippen molar-refractivity contribution in [2.24, 2.45) is 5.41 Å². The number of rotatable bonds is 15. The number of primary amides is 1. The molecule has 0 saturated carbocycles. The summed E-state index contributed by atoms with van der Waals surface area (Å²) in [6, 6.07) is 13.4. The van der Waals surface area contributed by atoms with Crippen LogP contribution in [-0.4, -0.2) is 57.2 Å². The first kappa shape index (κ1) is 34.6. The van der Waals surface area contributed by atoms with Crippen LogP contribution in [0, 0.1) is 5.41 Å². The summed E-state index contributed by atoms with van der Waals surface area (Å²) >= 11 is 6.06. The van der Waals surface area contributed by atoms with E-state index in [1.54, 1.807) is 63.2 Å². The van der Waals surface area contributed by atoms with E-state index in [-0.39, 0.29) is 42.9 Å². The Morgan fingerprint density at radius 1 is 1.02 bits per heavy atom. The first-order valence-electron chi connectivity index (χ1n) is 13.4. The number of halogens is 4. The number of benzene rings is 2. The average molecular weight is 613 g/mol. The van der Waals surface area contributed by atoms with Crippen molar-refractivity contribution in [1.82, 2.24) is 21.3 Å². The van der Waals surface area contributed by atoms with Gasteiger partial charge >= 0.3 is 12.1 Å². The fourth-order valence-electron chi connectivity index (χ4n) is 3.93. The third kappa shape index (κ3) is 12.1. The lowest BCUT2D eigenvalue weighted by atomic mass is 9.88. The molecule has 0 aromatic heterocycles. The van der Waals surface area contributed by atoms with Crippen molar-refractivity contribution >= 4 is 35.0 Å². The van der Waals surface area contributed by atoms with Gasteiger partial charge in [0, 0.05) is 43.7 Å². The van der Waals surface area contributed by atoms with Gasteiger partial charge in [-0.3, -0.25) is 9.59 Å². The smallest absolute Gasteiger partial charge is 0.401 e. The molecule has 0 unspecified atom stereocenters. The van der Waals surface area contributed by atoms with Crippen LogP contribution in [0.3, 0.4) is 0 Å². The van der Waals surface area contributed by atoms with Crippen molar-refractivity contribution in [3.8, 4) is 5.75 Å². The highest BCUT2D eigenvalue weighted by Crippen LogP contribution is 2.24. The van der Waals surface area contributed by atoms with Gasteiger partial charge in [0.2, 0.25) is 5.91 Å². The number of carbonyl (C=O) groups excluding carboxylic acids is 3. The van der Waals surface area contributed by atoms with Gasteiger partial charge in [-0.1, -0.05) is 43.6 Å². The number of hydrogen-bond acceptors (Lipinski definition) is 6. The van der Waals surface area contributed by atoms with Gasteiger partial charge in [0.1, 0.15) is 11.4 Å². The molecule has 0 radical (unpaired) electrons. The third-order valence-electron chi connectivity index (χ3n) is 5.94. The number of quaternary nitrogens is 1. The zero-order valence-corrected chi connectivity index (χ0v) is 24.8. The van der Waals surface area contributed by atoms with E-state index in [1.807, 2.05) is 0 Å². The molecule has 2 aromatic rings. The molecule has 0 aliphatic carbocycles. The van der Waals surface area contributed by atoms with Crippen LogP contribution in [0.15, 0.2) is 59.9 Å². The highest BCUT2D eigenvalue weighted by Gasteiger charge is 2.29. The Morgan fingerprint density at radius 3 is 2.33 bits per heavy atom. The number of nitrogens with two attached hydrogens (primary N) is 1. The Kier molecular flexibility index (Phi) is 13.3. The van der Waals surface area contributed by atoms with E-state index in [9.17, 15) is 27.6 Å². The Labute approximate surface area is 248 Å². The molecule has 2 aromatic carbocycles. The molecule has 0 aliphatic heterocycles. The van der Waals surface area contributed by atoms with Gasteiger partial charge < -0.3 is 26.0 Å². The van der Waals surface area contributed by atoms with E-state index in [2.05, 4.69) is 21.3 Å². The van der Waals surface area contributed by atoms with Crippen molar-refractivity contribution in [3.63, 3.8) is 0 Å². The van der Waals surface area contributed by atoms with E-state index in [1.165, 1.54) is 18.4 Å². The molecule has 0 bridgehead atoms. The monoisotopic (exact) mass is 612 g/mol. The normalized spacial score (nSPS) is 12.3. The molecular weight excluding hydrogens is 575 g/mol. The molecule has 230 valence electrons. The number of para-hydroxylation sites is 1. The van der Waals surface area contributed by atoms with Crippen molar-refractivity contribution in [1.29, 1.82) is 0 Å². The summed E-state index contributed by atoms with van der Waals surface area (Å²) in [6.07, 6.45) is -4.43. The van der Waals surface area contributed by atoms with Gasteiger partial charge in [-0.2, -0.15) is 13.2 Å². The molecule has 0 spiro atoms. The predicted molar refractivity (Wildman–Crippen MR) is 154 cm³/mol. The van der Waals surface area contributed by atoms with Crippen LogP contribution < -0.4 is 31.3 Å². The van der Waals surface area contributed by atoms with Crippen LogP contribution in [0.2, 0.25) is 5.02 Å². The fraction of sp³-hybridized carbons (Fsp3) is 0.414. The molecule has 6 N–H and O–H groups in total. The minimum absolute atomic E-state index is 0.0256. The SMILES string of the molecule is CCOc1ccc(Cl)cc1C(=O)NCC(C)(C)CC(=O)NC(C(=O)[NH2+]c1ccccc1)=C(CCNCC(F)(F)F)NC. The second-order valence-corrected chi connectivity index (χ2v) is 10.6. The molecule has 3 amide bonds. The summed E-state index contributed by atoms with van der Waals surface area (Å²) in [5.74, 6) is -1.08. The minimum atomic E-state index is -4.38. The highest BCUT2D eigenvalue weighted by atomic mass is 35.5. The summed E-state index contributed by atoms with van der Waals surface area (Å²) in [5.41, 5.74) is 0.311. The molecule has 0 heterocycles. The van der Waals surface area contributed by atoms with Gasteiger partial charge in [0.25, 0.3) is 5.91 Å². The zero-order valence-electron chi connectivity index (χ0n) is 24.1. The van der Waals surface area contributed by atoms with E-state index in [4.69, 9.17) is 16.3 Å². The average Bonchev–Trinajstić information content (AvgIpc) is 2.91. The number of carbonyl (C=O) groups is 3. The number of nitrogens with one attached hydrogen (secondary N) is 4. The van der Waals surface area contributed by atoms with Crippen LogP contribution >= 0.6 is 11.6 Å². The maximum atomic E-state index is 13.2. The lowest BCUT2D eigenvalue weighted by molar-refractivity contribution is -0.479. The summed E-state index contributed by atoms with van der Waals surface area (Å²) < 4.78 is 43.2. The van der Waals surface area contributed by atoms with Gasteiger partial charge in [0.05, 0.1) is 18.7 Å². The summed E-state index contributed by atoms with van der Waals surface area (Å²) in [6.45, 7) is 4.54. The van der Waals surface area contributed by atoms with Gasteiger partial charge in [-0.15, -0.1) is 0 Å². The van der Waals surface area contributed by atoms with Crippen LogP contribution in [0.25, 0.3) is 0 Å². The van der Waals surface area contributed by atoms with Crippen molar-refractivity contribution < 1.29 is 37.6 Å². The highest BCUT2D eigenvalue weighted by molar-refractivity contribution is 6.31. The van der Waals surface area contributed by atoms with Crippen LogP contribution in [-0.2, 0) is 9.59 Å². The van der Waals surface area contributed by atoms with Gasteiger partial charge in [0.15, 0.2) is 5.70 Å². The molecule has 9 nitrogen and oxygen atoms in total. The second kappa shape index (κ2) is 16.1. The lowest BCUT2D eigenvalue weighted by Gasteiger charge is -2.25. The summed E-state index contributed by atoms with van der Waals surface area (Å²) in [5, 5.41) is 12.3. The molecule has 2 rings (SSSR count). The van der Waals surface area contributed by atoms with Crippen molar-refractivity contribution in [2.45, 2.75) is 39.8 Å². The molecule has 13 heteroatoms. The number of alkyl halides is 3. The Morgan fingerprint density at radius 2 is 1.71 bits per heavy atom. The summed E-state index contributed by atoms with van der Waals surface area (Å²) in [4.78, 5) is 39.3. The van der Waals surface area contributed by atoms with Crippen LogP contribution in [0.5, 0.6) is 5.75 Å². The molecule has 42 heavy (non-hydrogen) atoms. The van der Waals surface area contributed by atoms with Gasteiger partial charge in [-0.25, -0.2) is 10.1 Å². The van der Waals surface area contributed by atoms with E-state index < -0.39 is 35.9 Å². The maximum Gasteiger partial charge on any atom is 0.401 e. The topological polar surface area (TPSA) is 125 Å². The van der Waals surface area contributed by atoms with E-state index in [0.717, 1.165) is 0 Å². The molecule has 0 saturated heterocycles. The molecule has 0 fully saturated rings. The standard InChI is InChI=1S/C29H37ClF3N5O4/c1-5-42-23-12-11-19(30)15-21(23)26(40)36-17-28(2,3)16-24(39)38-25(27(41)37-20-9-7-6-8-10-20)22(34-4)13-14-35-18-29(31,32)33/h6-12,15,34-35H,5,13-14,16-18H2,1-4H3,(H,36,40)(H,37,41)(H,38,39)/p+1. The first-order chi connectivity index (χ1) is 19.7. The number of amides is 3. The summed E-state index contributed by atoms with van der Waals surface area (Å²) in [7, 11) is 1.52. The van der Waals surface area contributed by atoms with Gasteiger partial charge in [-0.05, 0) is 42.7 Å². The Balaban J connectivity index is 2.15. The van der Waals surface area contributed by atoms with Crippen LogP contribution in [0.4, 0.5) is 18.9 Å². The van der Waals surface area contributed by atoms with Crippen molar-refractivity contribution in [3.05, 3.63) is 70.5 Å². The predicted octanol–water partition coefficient (Wildman–Crippen LogP) is 3.40. The number of hydrogen-bond donors (Lipinski definition) is 5. The second-order valence-electron chi connectivity index (χ2n) is 10.2. The Bertz CT molecular complexity index is 1250. The Hall–Kier alpha value is -3.61.